The maximum atomic E-state index is 12.3. The van der Waals surface area contributed by atoms with Crippen LogP contribution in [-0.2, 0) is 6.54 Å². The third kappa shape index (κ3) is 4.36. The van der Waals surface area contributed by atoms with Gasteiger partial charge in [-0.1, -0.05) is 35.3 Å². The van der Waals surface area contributed by atoms with Crippen LogP contribution in [0.5, 0.6) is 0 Å². The van der Waals surface area contributed by atoms with Gasteiger partial charge >= 0.3 is 0 Å². The number of benzene rings is 2. The first-order valence-corrected chi connectivity index (χ1v) is 9.70. The minimum atomic E-state index is -0.165. The lowest BCUT2D eigenvalue weighted by molar-refractivity contribution is 0.0948. The molecule has 0 atom stereocenters. The minimum Gasteiger partial charge on any atom is -0.465 e. The molecule has 0 aliphatic carbocycles. The second kappa shape index (κ2) is 8.15. The molecular weight excluding hydrogens is 409 g/mol. The molecule has 2 heterocycles. The van der Waals surface area contributed by atoms with E-state index >= 15 is 0 Å². The van der Waals surface area contributed by atoms with Gasteiger partial charge in [0.15, 0.2) is 0 Å². The Kier molecular flexibility index (Phi) is 5.43. The Morgan fingerprint density at radius 1 is 1.07 bits per heavy atom. The number of rotatable bonds is 5. The average molecular weight is 426 g/mol. The van der Waals surface area contributed by atoms with Crippen LogP contribution in [0.4, 0.5) is 0 Å². The largest absolute Gasteiger partial charge is 0.465 e. The first kappa shape index (κ1) is 19.3. The molecule has 0 saturated carbocycles. The molecule has 7 heteroatoms. The zero-order chi connectivity index (χ0) is 20.4. The summed E-state index contributed by atoms with van der Waals surface area (Å²) < 4.78 is 5.46. The molecule has 5 nitrogen and oxygen atoms in total. The number of nitrogens with zero attached hydrogens (tertiary/aromatic N) is 1. The highest BCUT2D eigenvalue weighted by Gasteiger charge is 2.11. The van der Waals surface area contributed by atoms with Crippen molar-refractivity contribution in [2.24, 2.45) is 0 Å². The van der Waals surface area contributed by atoms with E-state index in [9.17, 15) is 4.79 Å². The molecule has 0 aliphatic heterocycles. The SMILES string of the molecule is Cc1ccc(CNC(=O)c2ccc(-c3cc(-c4ccc(Cl)cc4Cl)[nH]n3)cc2)o1. The van der Waals surface area contributed by atoms with Gasteiger partial charge in [0.25, 0.3) is 5.91 Å². The lowest BCUT2D eigenvalue weighted by Gasteiger charge is -2.04. The van der Waals surface area contributed by atoms with Gasteiger partial charge in [-0.2, -0.15) is 5.10 Å². The van der Waals surface area contributed by atoms with Crippen molar-refractivity contribution in [3.63, 3.8) is 0 Å². The van der Waals surface area contributed by atoms with E-state index in [1.54, 1.807) is 24.3 Å². The molecule has 146 valence electrons. The van der Waals surface area contributed by atoms with Crippen molar-refractivity contribution in [1.29, 1.82) is 0 Å². The van der Waals surface area contributed by atoms with Gasteiger partial charge in [-0.05, 0) is 55.5 Å². The van der Waals surface area contributed by atoms with Crippen LogP contribution in [0.1, 0.15) is 21.9 Å². The number of aromatic nitrogens is 2. The predicted octanol–water partition coefficient (Wildman–Crippen LogP) is 5.88. The van der Waals surface area contributed by atoms with Crippen LogP contribution in [0.15, 0.2) is 65.1 Å². The first-order chi connectivity index (χ1) is 14.0. The monoisotopic (exact) mass is 425 g/mol. The van der Waals surface area contributed by atoms with Gasteiger partial charge in [-0.3, -0.25) is 9.89 Å². The van der Waals surface area contributed by atoms with Gasteiger partial charge in [0.05, 0.1) is 23.0 Å². The fraction of sp³-hybridized carbons (Fsp3) is 0.0909. The summed E-state index contributed by atoms with van der Waals surface area (Å²) in [6.07, 6.45) is 0. The normalized spacial score (nSPS) is 10.9. The molecule has 4 rings (SSSR count). The zero-order valence-electron chi connectivity index (χ0n) is 15.5. The molecule has 0 aliphatic rings. The van der Waals surface area contributed by atoms with Gasteiger partial charge in [-0.15, -0.1) is 0 Å². The number of furan rings is 1. The molecular formula is C22H17Cl2N3O2. The highest BCUT2D eigenvalue weighted by atomic mass is 35.5. The lowest BCUT2D eigenvalue weighted by Crippen LogP contribution is -2.22. The first-order valence-electron chi connectivity index (χ1n) is 8.94. The van der Waals surface area contributed by atoms with Crippen molar-refractivity contribution in [3.05, 3.63) is 87.8 Å². The van der Waals surface area contributed by atoms with Crippen LogP contribution in [0.3, 0.4) is 0 Å². The van der Waals surface area contributed by atoms with Gasteiger partial charge in [0, 0.05) is 21.7 Å². The van der Waals surface area contributed by atoms with E-state index in [1.165, 1.54) is 0 Å². The Labute approximate surface area is 177 Å². The van der Waals surface area contributed by atoms with Crippen molar-refractivity contribution in [3.8, 4) is 22.5 Å². The van der Waals surface area contributed by atoms with E-state index in [0.29, 0.717) is 22.2 Å². The number of aromatic amines is 1. The van der Waals surface area contributed by atoms with Crippen LogP contribution in [0.2, 0.25) is 10.0 Å². The predicted molar refractivity (Wildman–Crippen MR) is 114 cm³/mol. The number of carbonyl (C=O) groups excluding carboxylic acids is 1. The Bertz CT molecular complexity index is 1160. The maximum Gasteiger partial charge on any atom is 0.251 e. The number of halogens is 2. The minimum absolute atomic E-state index is 0.165. The van der Waals surface area contributed by atoms with Crippen LogP contribution in [0, 0.1) is 6.92 Å². The molecule has 29 heavy (non-hydrogen) atoms. The number of hydrogen-bond acceptors (Lipinski definition) is 3. The molecule has 0 fully saturated rings. The van der Waals surface area contributed by atoms with Crippen molar-refractivity contribution in [1.82, 2.24) is 15.5 Å². The smallest absolute Gasteiger partial charge is 0.251 e. The average Bonchev–Trinajstić information content (AvgIpc) is 3.35. The van der Waals surface area contributed by atoms with Gasteiger partial charge in [0.2, 0.25) is 0 Å². The quantitative estimate of drug-likeness (QED) is 0.419. The second-order valence-electron chi connectivity index (χ2n) is 6.56. The van der Waals surface area contributed by atoms with E-state index in [0.717, 1.165) is 34.0 Å². The zero-order valence-corrected chi connectivity index (χ0v) is 17.0. The number of nitrogens with one attached hydrogen (secondary N) is 2. The second-order valence-corrected chi connectivity index (χ2v) is 7.41. The summed E-state index contributed by atoms with van der Waals surface area (Å²) in [5, 5.41) is 11.3. The van der Waals surface area contributed by atoms with Crippen LogP contribution in [0.25, 0.3) is 22.5 Å². The summed E-state index contributed by atoms with van der Waals surface area (Å²) in [5.74, 6) is 1.37. The molecule has 0 spiro atoms. The highest BCUT2D eigenvalue weighted by molar-refractivity contribution is 6.36. The maximum absolute atomic E-state index is 12.3. The number of H-pyrrole nitrogens is 1. The number of carbonyl (C=O) groups is 1. The molecule has 0 radical (unpaired) electrons. The Hall–Kier alpha value is -3.02. The van der Waals surface area contributed by atoms with Crippen molar-refractivity contribution >= 4 is 29.1 Å². The molecule has 2 N–H and O–H groups in total. The van der Waals surface area contributed by atoms with Crippen molar-refractivity contribution in [2.45, 2.75) is 13.5 Å². The van der Waals surface area contributed by atoms with E-state index in [1.807, 2.05) is 43.3 Å². The summed E-state index contributed by atoms with van der Waals surface area (Å²) >= 11 is 12.2. The van der Waals surface area contributed by atoms with E-state index in [2.05, 4.69) is 15.5 Å². The van der Waals surface area contributed by atoms with Gasteiger partial charge in [0.1, 0.15) is 11.5 Å². The van der Waals surface area contributed by atoms with Crippen molar-refractivity contribution in [2.75, 3.05) is 0 Å². The third-order valence-corrected chi connectivity index (χ3v) is 5.01. The fourth-order valence-corrected chi connectivity index (χ4v) is 3.47. The Morgan fingerprint density at radius 3 is 2.55 bits per heavy atom. The van der Waals surface area contributed by atoms with E-state index in [-0.39, 0.29) is 5.91 Å². The van der Waals surface area contributed by atoms with Gasteiger partial charge in [-0.25, -0.2) is 0 Å². The van der Waals surface area contributed by atoms with Crippen LogP contribution in [-0.4, -0.2) is 16.1 Å². The molecule has 2 aromatic heterocycles. The molecule has 0 bridgehead atoms. The third-order valence-electron chi connectivity index (χ3n) is 4.46. The summed E-state index contributed by atoms with van der Waals surface area (Å²) in [6, 6.07) is 18.2. The molecule has 0 unspecified atom stereocenters. The number of amides is 1. The standard InChI is InChI=1S/C22H17Cl2N3O2/c1-13-2-8-17(29-13)12-25-22(28)15-5-3-14(4-6-15)20-11-21(27-26-20)18-9-7-16(23)10-19(18)24/h2-11H,12H2,1H3,(H,25,28)(H,26,27). The fourth-order valence-electron chi connectivity index (χ4n) is 2.96. The highest BCUT2D eigenvalue weighted by Crippen LogP contribution is 2.31. The molecule has 4 aromatic rings. The van der Waals surface area contributed by atoms with Crippen LogP contribution >= 0.6 is 23.2 Å². The van der Waals surface area contributed by atoms with Crippen molar-refractivity contribution < 1.29 is 9.21 Å². The summed E-state index contributed by atoms with van der Waals surface area (Å²) in [7, 11) is 0. The molecule has 0 saturated heterocycles. The van der Waals surface area contributed by atoms with Crippen LogP contribution < -0.4 is 5.32 Å². The number of aryl methyl sites for hydroxylation is 1. The Balaban J connectivity index is 1.46. The van der Waals surface area contributed by atoms with Gasteiger partial charge < -0.3 is 9.73 Å². The molecule has 1 amide bonds. The number of hydrogen-bond donors (Lipinski definition) is 2. The summed E-state index contributed by atoms with van der Waals surface area (Å²) in [6.45, 7) is 2.21. The summed E-state index contributed by atoms with van der Waals surface area (Å²) in [4.78, 5) is 12.3. The molecule has 2 aromatic carbocycles. The van der Waals surface area contributed by atoms with E-state index in [4.69, 9.17) is 27.6 Å². The Morgan fingerprint density at radius 2 is 1.86 bits per heavy atom. The van der Waals surface area contributed by atoms with E-state index < -0.39 is 0 Å². The topological polar surface area (TPSA) is 70.9 Å². The lowest BCUT2D eigenvalue weighted by atomic mass is 10.1. The summed E-state index contributed by atoms with van der Waals surface area (Å²) in [5.41, 5.74) is 3.81.